The van der Waals surface area contributed by atoms with Gasteiger partial charge >= 0.3 is 5.69 Å². The molecule has 0 saturated carbocycles. The summed E-state index contributed by atoms with van der Waals surface area (Å²) in [7, 11) is 3.25. The normalized spacial score (nSPS) is 17.2. The van der Waals surface area contributed by atoms with E-state index in [1.807, 2.05) is 59.2 Å². The van der Waals surface area contributed by atoms with Gasteiger partial charge in [-0.05, 0) is 66.4 Å². The minimum absolute atomic E-state index is 0.0433. The highest BCUT2D eigenvalue weighted by Gasteiger charge is 2.29. The molecule has 2 N–H and O–H groups in total. The highest BCUT2D eigenvalue weighted by molar-refractivity contribution is 5.86. The summed E-state index contributed by atoms with van der Waals surface area (Å²) in [6.07, 6.45) is 1.12. The van der Waals surface area contributed by atoms with Gasteiger partial charge in [-0.2, -0.15) is 0 Å². The molecule has 0 amide bonds. The molecule has 2 heterocycles. The maximum Gasteiger partial charge on any atom is 0.326 e. The quantitative estimate of drug-likeness (QED) is 0.449. The third kappa shape index (κ3) is 3.95. The van der Waals surface area contributed by atoms with Crippen molar-refractivity contribution in [1.29, 1.82) is 0 Å². The Hall–Kier alpha value is -3.29. The van der Waals surface area contributed by atoms with Crippen LogP contribution in [0.5, 0.6) is 11.5 Å². The van der Waals surface area contributed by atoms with Crippen LogP contribution in [0.1, 0.15) is 37.5 Å². The molecule has 1 aliphatic heterocycles. The highest BCUT2D eigenvalue weighted by Crippen LogP contribution is 2.35. The molecule has 1 aromatic heterocycles. The van der Waals surface area contributed by atoms with Crippen molar-refractivity contribution < 1.29 is 14.6 Å². The van der Waals surface area contributed by atoms with Crippen molar-refractivity contribution in [1.82, 2.24) is 14.5 Å². The molecule has 0 bridgehead atoms. The van der Waals surface area contributed by atoms with E-state index in [1.165, 1.54) is 0 Å². The second kappa shape index (κ2) is 9.16. The van der Waals surface area contributed by atoms with Crippen molar-refractivity contribution in [3.63, 3.8) is 0 Å². The number of nitrogens with zero attached hydrogens (tertiary/aromatic N) is 2. The molecule has 2 atom stereocenters. The first-order chi connectivity index (χ1) is 16.5. The molecule has 0 radical (unpaired) electrons. The van der Waals surface area contributed by atoms with Gasteiger partial charge in [-0.25, -0.2) is 4.79 Å². The number of methoxy groups -OCH3 is 2. The fourth-order valence-corrected chi connectivity index (χ4v) is 5.24. The van der Waals surface area contributed by atoms with Gasteiger partial charge in [-0.15, -0.1) is 0 Å². The predicted octanol–water partition coefficient (Wildman–Crippen LogP) is 4.26. The average Bonchev–Trinajstić information content (AvgIpc) is 3.22. The first kappa shape index (κ1) is 22.5. The summed E-state index contributed by atoms with van der Waals surface area (Å²) < 4.78 is 12.7. The van der Waals surface area contributed by atoms with Crippen LogP contribution in [0.2, 0.25) is 0 Å². The van der Waals surface area contributed by atoms with Crippen LogP contribution < -0.4 is 15.2 Å². The Balaban J connectivity index is 1.31. The number of ether oxygens (including phenoxy) is 2. The number of aromatic amines is 1. The molecule has 7 nitrogen and oxygen atoms in total. The number of para-hydroxylation sites is 2. The second-order valence-electron chi connectivity index (χ2n) is 9.08. The van der Waals surface area contributed by atoms with E-state index in [2.05, 4.69) is 16.8 Å². The Kier molecular flexibility index (Phi) is 6.06. The molecule has 5 rings (SSSR count). The van der Waals surface area contributed by atoms with Crippen LogP contribution in [-0.4, -0.2) is 52.9 Å². The van der Waals surface area contributed by atoms with Crippen molar-refractivity contribution in [3.05, 3.63) is 70.6 Å². The number of benzene rings is 3. The molecule has 34 heavy (non-hydrogen) atoms. The van der Waals surface area contributed by atoms with E-state index >= 15 is 0 Å². The molecule has 0 aliphatic carbocycles. The minimum atomic E-state index is -0.621. The van der Waals surface area contributed by atoms with Crippen LogP contribution in [0.25, 0.3) is 21.8 Å². The maximum absolute atomic E-state index is 12.6. The van der Waals surface area contributed by atoms with Crippen molar-refractivity contribution in [2.24, 2.45) is 0 Å². The Morgan fingerprint density at radius 3 is 2.35 bits per heavy atom. The third-order valence-corrected chi connectivity index (χ3v) is 7.23. The van der Waals surface area contributed by atoms with Gasteiger partial charge in [-0.3, -0.25) is 9.47 Å². The van der Waals surface area contributed by atoms with E-state index in [0.29, 0.717) is 11.5 Å². The van der Waals surface area contributed by atoms with Gasteiger partial charge in [0, 0.05) is 25.2 Å². The largest absolute Gasteiger partial charge is 0.493 e. The summed E-state index contributed by atoms with van der Waals surface area (Å²) >= 11 is 0. The van der Waals surface area contributed by atoms with E-state index in [9.17, 15) is 9.90 Å². The van der Waals surface area contributed by atoms with Crippen LogP contribution in [-0.2, 0) is 0 Å². The number of nitrogens with one attached hydrogen (secondary N) is 1. The summed E-state index contributed by atoms with van der Waals surface area (Å²) in [6, 6.07) is 17.9. The monoisotopic (exact) mass is 461 g/mol. The predicted molar refractivity (Wildman–Crippen MR) is 134 cm³/mol. The van der Waals surface area contributed by atoms with Crippen molar-refractivity contribution >= 4 is 21.8 Å². The molecule has 1 fully saturated rings. The fraction of sp³-hybridized carbons (Fsp3) is 0.370. The van der Waals surface area contributed by atoms with Crippen molar-refractivity contribution in [2.45, 2.75) is 38.0 Å². The van der Waals surface area contributed by atoms with Crippen molar-refractivity contribution in [3.8, 4) is 11.5 Å². The molecule has 7 heteroatoms. The SMILES string of the molecule is COc1cc2ccc(C(O)C(C)N3CCC(n4c(=O)[nH]c5ccccc54)CC3)cc2cc1OC. The van der Waals surface area contributed by atoms with Gasteiger partial charge in [0.05, 0.1) is 31.4 Å². The number of hydrogen-bond donors (Lipinski definition) is 2. The number of likely N-dealkylation sites (tertiary alicyclic amines) is 1. The summed E-state index contributed by atoms with van der Waals surface area (Å²) in [6.45, 7) is 3.72. The van der Waals surface area contributed by atoms with Gasteiger partial charge in [-0.1, -0.05) is 24.3 Å². The Morgan fingerprint density at radius 1 is 0.971 bits per heavy atom. The number of hydrogen-bond acceptors (Lipinski definition) is 5. The average molecular weight is 462 g/mol. The highest BCUT2D eigenvalue weighted by atomic mass is 16.5. The number of aliphatic hydroxyl groups is 1. The Labute approximate surface area is 198 Å². The molecule has 3 aromatic carbocycles. The lowest BCUT2D eigenvalue weighted by atomic mass is 9.96. The summed E-state index contributed by atoms with van der Waals surface area (Å²) in [5.74, 6) is 1.36. The first-order valence-corrected chi connectivity index (χ1v) is 11.8. The van der Waals surface area contributed by atoms with Crippen molar-refractivity contribution in [2.75, 3.05) is 27.3 Å². The topological polar surface area (TPSA) is 79.7 Å². The molecular weight excluding hydrogens is 430 g/mol. The fourth-order valence-electron chi connectivity index (χ4n) is 5.24. The van der Waals surface area contributed by atoms with Crippen LogP contribution in [0.3, 0.4) is 0 Å². The zero-order valence-electron chi connectivity index (χ0n) is 19.8. The Bertz CT molecular complexity index is 1370. The number of H-pyrrole nitrogens is 1. The zero-order valence-corrected chi connectivity index (χ0v) is 19.8. The number of aromatic nitrogens is 2. The second-order valence-corrected chi connectivity index (χ2v) is 9.08. The molecule has 1 saturated heterocycles. The molecular formula is C27H31N3O4. The van der Waals surface area contributed by atoms with Gasteiger partial charge in [0.25, 0.3) is 0 Å². The lowest BCUT2D eigenvalue weighted by Gasteiger charge is -2.38. The molecule has 178 valence electrons. The van der Waals surface area contributed by atoms with Crippen LogP contribution in [0.4, 0.5) is 0 Å². The molecule has 2 unspecified atom stereocenters. The van der Waals surface area contributed by atoms with E-state index in [0.717, 1.165) is 53.3 Å². The summed E-state index contributed by atoms with van der Waals surface area (Å²) in [4.78, 5) is 17.9. The number of fused-ring (bicyclic) bond motifs is 2. The Morgan fingerprint density at radius 2 is 1.65 bits per heavy atom. The number of aliphatic hydroxyl groups excluding tert-OH is 1. The summed E-state index contributed by atoms with van der Waals surface area (Å²) in [5.41, 5.74) is 2.67. The van der Waals surface area contributed by atoms with Crippen LogP contribution in [0, 0.1) is 0 Å². The standard InChI is InChI=1S/C27H31N3O4/c1-17(26(31)19-9-8-18-15-24(33-2)25(34-3)16-20(18)14-19)29-12-10-21(11-13-29)30-23-7-5-4-6-22(23)28-27(30)32/h4-9,14-17,21,26,31H,10-13H2,1-3H3,(H,28,32). The van der Waals surface area contributed by atoms with Gasteiger partial charge in [0.15, 0.2) is 11.5 Å². The van der Waals surface area contributed by atoms with E-state index in [4.69, 9.17) is 9.47 Å². The van der Waals surface area contributed by atoms with Crippen LogP contribution in [0.15, 0.2) is 59.4 Å². The lowest BCUT2D eigenvalue weighted by Crippen LogP contribution is -2.44. The lowest BCUT2D eigenvalue weighted by molar-refractivity contribution is 0.0387. The number of piperidine rings is 1. The van der Waals surface area contributed by atoms with E-state index in [1.54, 1.807) is 14.2 Å². The zero-order chi connectivity index (χ0) is 23.8. The molecule has 4 aromatic rings. The van der Waals surface area contributed by atoms with E-state index < -0.39 is 6.10 Å². The van der Waals surface area contributed by atoms with Gasteiger partial charge < -0.3 is 19.6 Å². The summed E-state index contributed by atoms with van der Waals surface area (Å²) in [5, 5.41) is 13.2. The molecule has 1 aliphatic rings. The number of imidazole rings is 1. The maximum atomic E-state index is 12.6. The minimum Gasteiger partial charge on any atom is -0.493 e. The van der Waals surface area contributed by atoms with E-state index in [-0.39, 0.29) is 17.8 Å². The third-order valence-electron chi connectivity index (χ3n) is 7.23. The smallest absolute Gasteiger partial charge is 0.326 e. The first-order valence-electron chi connectivity index (χ1n) is 11.8. The number of rotatable bonds is 6. The molecule has 0 spiro atoms. The van der Waals surface area contributed by atoms with Gasteiger partial charge in [0.1, 0.15) is 0 Å². The van der Waals surface area contributed by atoms with Gasteiger partial charge in [0.2, 0.25) is 0 Å². The van der Waals surface area contributed by atoms with Crippen LogP contribution >= 0.6 is 0 Å².